The number of halogens is 1. The number of hydrogen-bond donors (Lipinski definition) is 2. The van der Waals surface area contributed by atoms with Gasteiger partial charge >= 0.3 is 31.4 Å². The van der Waals surface area contributed by atoms with Crippen LogP contribution in [0, 0.1) is 11.9 Å². The number of nitrogens with zero attached hydrogens (tertiary/aromatic N) is 9. The number of benzene rings is 4. The van der Waals surface area contributed by atoms with Crippen molar-refractivity contribution in [1.29, 1.82) is 0 Å². The SMILES string of the molecule is Fc1c[c-]c(-c2cc(-c3ccc(N(c4ccccc4)c4ccccc4)cc3)cc(-c3nnn[n-]3)n2)cc1.O=COc1ccnc(-c2cc(C(=O)O)cc(-c3cc(C(=O)O)ccn3)n2)c1.[Ru+2]. The van der Waals surface area contributed by atoms with Gasteiger partial charge in [0, 0.05) is 41.3 Å². The summed E-state index contributed by atoms with van der Waals surface area (Å²) in [6.45, 7) is 0.257. The Morgan fingerprint density at radius 1 is 0.631 bits per heavy atom. The van der Waals surface area contributed by atoms with E-state index in [4.69, 9.17) is 9.84 Å². The van der Waals surface area contributed by atoms with Crippen molar-refractivity contribution in [2.45, 2.75) is 0 Å². The van der Waals surface area contributed by atoms with Crippen LogP contribution < -0.4 is 14.7 Å². The average Bonchev–Trinajstić information content (AvgIpc) is 3.89. The number of anilines is 3. The van der Waals surface area contributed by atoms with Crippen LogP contribution in [0.3, 0.4) is 0 Å². The van der Waals surface area contributed by atoms with Gasteiger partial charge in [0.15, 0.2) is 0 Å². The van der Waals surface area contributed by atoms with Crippen LogP contribution in [0.4, 0.5) is 21.5 Å². The third-order valence-corrected chi connectivity index (χ3v) is 9.43. The predicted molar refractivity (Wildman–Crippen MR) is 232 cm³/mol. The Labute approximate surface area is 382 Å². The van der Waals surface area contributed by atoms with Gasteiger partial charge in [0.05, 0.1) is 45.4 Å². The smallest absolute Gasteiger partial charge is 0.478 e. The van der Waals surface area contributed by atoms with Gasteiger partial charge in [-0.1, -0.05) is 54.6 Å². The molecule has 0 amide bonds. The van der Waals surface area contributed by atoms with Gasteiger partial charge in [-0.15, -0.1) is 29.8 Å². The Kier molecular flexibility index (Phi) is 14.0. The number of carboxylic acid groups (broad SMARTS) is 2. The molecule has 2 N–H and O–H groups in total. The van der Waals surface area contributed by atoms with Gasteiger partial charge in [-0.2, -0.15) is 5.21 Å². The number of tetrazole rings is 1. The van der Waals surface area contributed by atoms with E-state index in [-0.39, 0.29) is 71.4 Å². The molecule has 0 spiro atoms. The minimum Gasteiger partial charge on any atom is -0.478 e. The van der Waals surface area contributed by atoms with E-state index >= 15 is 0 Å². The number of hydrogen-bond acceptors (Lipinski definition) is 12. The van der Waals surface area contributed by atoms with E-state index in [1.165, 1.54) is 60.9 Å². The first-order valence-electron chi connectivity index (χ1n) is 19.1. The van der Waals surface area contributed by atoms with Crippen LogP contribution in [0.15, 0.2) is 164 Å². The molecule has 0 fully saturated rings. The van der Waals surface area contributed by atoms with E-state index in [0.29, 0.717) is 22.8 Å². The molecule has 17 heteroatoms. The molecule has 0 radical (unpaired) electrons. The standard InChI is InChI=1S/C30H19FN6.C18H11N3O6.Ru/c31-24-15-11-22(12-16-24)28-19-23(20-29(32-28)30-33-35-36-34-30)21-13-17-27(18-14-21)37(25-7-3-1-4-8-25)26-9-5-2-6-10-26;22-9-27-12-2-4-20-14(8-12)16-7-11(18(25)26)6-15(21-16)13-5-10(17(23)24)1-3-19-13;/h1-11,13-20H;1-9H,(H,23,24)(H,25,26);/q-2;;+2. The van der Waals surface area contributed by atoms with E-state index in [1.807, 2.05) is 48.5 Å². The minimum absolute atomic E-state index is 0. The number of aromatic carboxylic acids is 2. The molecule has 5 aromatic heterocycles. The Morgan fingerprint density at radius 3 is 1.80 bits per heavy atom. The van der Waals surface area contributed by atoms with Gasteiger partial charge < -0.3 is 24.9 Å². The summed E-state index contributed by atoms with van der Waals surface area (Å²) in [6.07, 6.45) is 2.68. The molecule has 9 rings (SSSR count). The third kappa shape index (κ3) is 10.7. The molecule has 318 valence electrons. The number of carboxylic acids is 2. The van der Waals surface area contributed by atoms with Crippen molar-refractivity contribution in [3.63, 3.8) is 0 Å². The fraction of sp³-hybridized carbons (Fsp3) is 0. The molecular formula is C48H30FN9O6Ru. The molecule has 0 unspecified atom stereocenters. The largest absolute Gasteiger partial charge is 2.00 e. The van der Waals surface area contributed by atoms with Crippen LogP contribution in [0.2, 0.25) is 0 Å². The number of aromatic nitrogens is 8. The molecule has 0 bridgehead atoms. The number of carbonyl (C=O) groups is 3. The maximum Gasteiger partial charge on any atom is 2.00 e. The molecule has 65 heavy (non-hydrogen) atoms. The zero-order chi connectivity index (χ0) is 44.4. The molecule has 0 aliphatic rings. The second-order valence-corrected chi connectivity index (χ2v) is 13.6. The van der Waals surface area contributed by atoms with Crippen LogP contribution in [-0.4, -0.2) is 64.1 Å². The number of carbonyl (C=O) groups excluding carboxylic acids is 1. The van der Waals surface area contributed by atoms with Gasteiger partial charge in [0.1, 0.15) is 5.75 Å². The number of para-hydroxylation sites is 2. The average molecular weight is 949 g/mol. The summed E-state index contributed by atoms with van der Waals surface area (Å²) in [5.41, 5.74) is 7.57. The van der Waals surface area contributed by atoms with Crippen molar-refractivity contribution >= 4 is 35.5 Å². The van der Waals surface area contributed by atoms with Crippen LogP contribution >= 0.6 is 0 Å². The van der Waals surface area contributed by atoms with Gasteiger partial charge in [-0.3, -0.25) is 34.4 Å². The van der Waals surface area contributed by atoms with E-state index in [9.17, 15) is 23.9 Å². The summed E-state index contributed by atoms with van der Waals surface area (Å²) >= 11 is 0. The summed E-state index contributed by atoms with van der Waals surface area (Å²) in [7, 11) is 0. The quantitative estimate of drug-likeness (QED) is 0.0666. The first-order chi connectivity index (χ1) is 31.2. The molecule has 9 aromatic rings. The summed E-state index contributed by atoms with van der Waals surface area (Å²) < 4.78 is 18.3. The molecule has 4 aromatic carbocycles. The van der Waals surface area contributed by atoms with Crippen molar-refractivity contribution in [3.05, 3.63) is 187 Å². The molecule has 0 aliphatic heterocycles. The summed E-state index contributed by atoms with van der Waals surface area (Å²) in [5.74, 6) is -2.17. The monoisotopic (exact) mass is 949 g/mol. The van der Waals surface area contributed by atoms with Gasteiger partial charge in [-0.05, 0) is 89.6 Å². The fourth-order valence-corrected chi connectivity index (χ4v) is 6.47. The second kappa shape index (κ2) is 20.5. The maximum absolute atomic E-state index is 13.5. The Balaban J connectivity index is 0.000000201. The molecule has 0 aliphatic carbocycles. The normalized spacial score (nSPS) is 10.4. The summed E-state index contributed by atoms with van der Waals surface area (Å²) in [4.78, 5) is 52.5. The van der Waals surface area contributed by atoms with Gasteiger partial charge in [-0.25, -0.2) is 14.6 Å². The second-order valence-electron chi connectivity index (χ2n) is 13.6. The summed E-state index contributed by atoms with van der Waals surface area (Å²) in [6, 6.07) is 48.0. The van der Waals surface area contributed by atoms with E-state index in [0.717, 1.165) is 28.2 Å². The van der Waals surface area contributed by atoms with Gasteiger partial charge in [0.2, 0.25) is 0 Å². The van der Waals surface area contributed by atoms with E-state index < -0.39 is 11.9 Å². The Morgan fingerprint density at radius 2 is 1.22 bits per heavy atom. The first-order valence-corrected chi connectivity index (χ1v) is 19.1. The number of pyridine rings is 4. The topological polar surface area (TPSA) is 208 Å². The first kappa shape index (κ1) is 44.4. The zero-order valence-corrected chi connectivity index (χ0v) is 35.2. The van der Waals surface area contributed by atoms with Crippen molar-refractivity contribution in [3.8, 4) is 62.4 Å². The van der Waals surface area contributed by atoms with Crippen LogP contribution in [0.5, 0.6) is 5.75 Å². The zero-order valence-electron chi connectivity index (χ0n) is 33.4. The van der Waals surface area contributed by atoms with Crippen molar-refractivity contribution < 1.29 is 53.2 Å². The number of rotatable bonds is 12. The van der Waals surface area contributed by atoms with E-state index in [2.05, 4.69) is 100 Å². The fourth-order valence-electron chi connectivity index (χ4n) is 6.47. The third-order valence-electron chi connectivity index (χ3n) is 9.43. The van der Waals surface area contributed by atoms with Crippen molar-refractivity contribution in [2.75, 3.05) is 4.90 Å². The molecular weight excluding hydrogens is 919 g/mol. The molecule has 0 atom stereocenters. The van der Waals surface area contributed by atoms with Crippen LogP contribution in [0.25, 0.3) is 56.7 Å². The minimum atomic E-state index is -1.20. The maximum atomic E-state index is 13.5. The van der Waals surface area contributed by atoms with E-state index in [1.54, 1.807) is 6.07 Å². The van der Waals surface area contributed by atoms with Crippen LogP contribution in [0.1, 0.15) is 20.7 Å². The van der Waals surface area contributed by atoms with Gasteiger partial charge in [0.25, 0.3) is 6.47 Å². The predicted octanol–water partition coefficient (Wildman–Crippen LogP) is 8.77. The molecule has 0 saturated heterocycles. The van der Waals surface area contributed by atoms with Crippen molar-refractivity contribution in [1.82, 2.24) is 40.6 Å². The molecule has 0 saturated carbocycles. The Hall–Kier alpha value is -8.69. The Bertz CT molecular complexity index is 3040. The molecule has 5 heterocycles. The number of ether oxygens (including phenoxy) is 1. The molecule has 15 nitrogen and oxygen atoms in total. The summed E-state index contributed by atoms with van der Waals surface area (Å²) in [5, 5.41) is 33.6. The van der Waals surface area contributed by atoms with Crippen molar-refractivity contribution in [2.24, 2.45) is 0 Å². The van der Waals surface area contributed by atoms with Crippen LogP contribution in [-0.2, 0) is 24.3 Å².